The van der Waals surface area contributed by atoms with Gasteiger partial charge in [0, 0.05) is 56.3 Å². The van der Waals surface area contributed by atoms with Gasteiger partial charge in [-0.3, -0.25) is 14.5 Å². The number of rotatable bonds is 10. The van der Waals surface area contributed by atoms with Crippen LogP contribution in [-0.4, -0.2) is 111 Å². The molecular weight excluding hydrogens is 584 g/mol. The van der Waals surface area contributed by atoms with Crippen molar-refractivity contribution in [2.45, 2.75) is 37.3 Å². The fourth-order valence-electron chi connectivity index (χ4n) is 4.96. The Balaban J connectivity index is 1.55. The summed E-state index contributed by atoms with van der Waals surface area (Å²) < 4.78 is 39.4. The Kier molecular flexibility index (Phi) is 10.8. The molecule has 0 unspecified atom stereocenters. The highest BCUT2D eigenvalue weighted by Crippen LogP contribution is 2.31. The summed E-state index contributed by atoms with van der Waals surface area (Å²) in [6.07, 6.45) is -0.324. The Morgan fingerprint density at radius 1 is 1.19 bits per heavy atom. The number of aliphatic hydroxyl groups excluding tert-OH is 1. The average Bonchev–Trinajstić information content (AvgIpc) is 2.98. The summed E-state index contributed by atoms with van der Waals surface area (Å²) in [6.45, 7) is 7.11. The van der Waals surface area contributed by atoms with E-state index >= 15 is 0 Å². The van der Waals surface area contributed by atoms with Gasteiger partial charge in [0.25, 0.3) is 5.91 Å². The molecule has 4 rings (SSSR count). The first kappa shape index (κ1) is 32.2. The first-order chi connectivity index (χ1) is 20.0. The molecule has 3 atom stereocenters. The van der Waals surface area contributed by atoms with Crippen molar-refractivity contribution < 1.29 is 32.6 Å². The summed E-state index contributed by atoms with van der Waals surface area (Å²) >= 11 is 5.94. The lowest BCUT2D eigenvalue weighted by atomic mass is 9.99. The number of anilines is 1. The van der Waals surface area contributed by atoms with Crippen molar-refractivity contribution in [2.75, 3.05) is 64.9 Å². The normalized spacial score (nSPS) is 20.8. The van der Waals surface area contributed by atoms with E-state index in [1.807, 2.05) is 6.92 Å². The number of nitrogens with one attached hydrogen (secondary N) is 1. The first-order valence-electron chi connectivity index (χ1n) is 14.0. The van der Waals surface area contributed by atoms with Crippen LogP contribution in [0.2, 0.25) is 5.02 Å². The number of hydrogen-bond acceptors (Lipinski definition) is 8. The Morgan fingerprint density at radius 3 is 2.55 bits per heavy atom. The van der Waals surface area contributed by atoms with E-state index in [4.69, 9.17) is 21.1 Å². The van der Waals surface area contributed by atoms with E-state index in [1.165, 1.54) is 35.6 Å². The maximum Gasteiger partial charge on any atom is 0.258 e. The third-order valence-electron chi connectivity index (χ3n) is 7.67. The number of sulfonamides is 1. The number of fused-ring (bicyclic) bond motifs is 1. The van der Waals surface area contributed by atoms with Crippen molar-refractivity contribution >= 4 is 39.1 Å². The smallest absolute Gasteiger partial charge is 0.258 e. The third kappa shape index (κ3) is 7.80. The van der Waals surface area contributed by atoms with Gasteiger partial charge in [-0.1, -0.05) is 18.5 Å². The molecule has 11 nitrogen and oxygen atoms in total. The van der Waals surface area contributed by atoms with Gasteiger partial charge in [-0.05, 0) is 49.4 Å². The van der Waals surface area contributed by atoms with Gasteiger partial charge in [0.1, 0.15) is 11.9 Å². The minimum Gasteiger partial charge on any atom is -0.488 e. The number of morpholine rings is 1. The first-order valence-corrected chi connectivity index (χ1v) is 15.9. The Hall–Kier alpha value is -2.74. The summed E-state index contributed by atoms with van der Waals surface area (Å²) in [4.78, 5) is 30.2. The molecule has 0 spiro atoms. The lowest BCUT2D eigenvalue weighted by Gasteiger charge is -2.38. The minimum absolute atomic E-state index is 0.0150. The van der Waals surface area contributed by atoms with E-state index in [2.05, 4.69) is 10.2 Å². The molecule has 2 amide bonds. The molecule has 0 radical (unpaired) electrons. The van der Waals surface area contributed by atoms with Crippen LogP contribution in [0.5, 0.6) is 5.75 Å². The second-order valence-electron chi connectivity index (χ2n) is 10.8. The molecule has 1 fully saturated rings. The fourth-order valence-corrected chi connectivity index (χ4v) is 6.27. The van der Waals surface area contributed by atoms with Gasteiger partial charge >= 0.3 is 0 Å². The van der Waals surface area contributed by atoms with Gasteiger partial charge in [-0.25, -0.2) is 8.42 Å². The van der Waals surface area contributed by atoms with Crippen LogP contribution in [0.4, 0.5) is 5.69 Å². The second kappa shape index (κ2) is 14.2. The van der Waals surface area contributed by atoms with Gasteiger partial charge in [0.15, 0.2) is 0 Å². The Bertz CT molecular complexity index is 1350. The number of nitrogens with zero attached hydrogens (tertiary/aromatic N) is 3. The number of halogens is 1. The number of aliphatic hydroxyl groups is 1. The molecule has 2 heterocycles. The van der Waals surface area contributed by atoms with Crippen molar-refractivity contribution in [1.29, 1.82) is 0 Å². The molecule has 0 saturated carbocycles. The molecule has 0 aliphatic carbocycles. The zero-order valence-electron chi connectivity index (χ0n) is 24.2. The topological polar surface area (TPSA) is 129 Å². The number of benzene rings is 2. The summed E-state index contributed by atoms with van der Waals surface area (Å²) in [5.74, 6) is -0.529. The summed E-state index contributed by atoms with van der Waals surface area (Å²) in [5, 5.41) is 13.2. The molecule has 2 aliphatic rings. The van der Waals surface area contributed by atoms with Crippen LogP contribution in [0.15, 0.2) is 47.4 Å². The van der Waals surface area contributed by atoms with Gasteiger partial charge in [-0.2, -0.15) is 4.31 Å². The number of ether oxygens (including phenoxy) is 2. The van der Waals surface area contributed by atoms with Crippen LogP contribution < -0.4 is 10.1 Å². The molecule has 230 valence electrons. The van der Waals surface area contributed by atoms with E-state index in [9.17, 15) is 23.1 Å². The van der Waals surface area contributed by atoms with Crippen molar-refractivity contribution in [3.8, 4) is 5.75 Å². The SMILES string of the molecule is C[C@H]1CN([C@@H](C)CO)C(=O)c2cc(NC(=O)CCN3CCOCC3)ccc2O[C@@H]1CN(C)S(=O)(=O)c1ccc(Cl)cc1. The zero-order chi connectivity index (χ0) is 30.4. The Labute approximate surface area is 252 Å². The maximum atomic E-state index is 13.7. The lowest BCUT2D eigenvalue weighted by molar-refractivity contribution is -0.116. The van der Waals surface area contributed by atoms with Gasteiger partial charge in [0.2, 0.25) is 15.9 Å². The zero-order valence-corrected chi connectivity index (χ0v) is 25.7. The molecule has 13 heteroatoms. The molecule has 0 bridgehead atoms. The number of likely N-dealkylation sites (N-methyl/N-ethyl adjacent to an activating group) is 1. The van der Waals surface area contributed by atoms with Gasteiger partial charge in [0.05, 0.1) is 42.9 Å². The summed E-state index contributed by atoms with van der Waals surface area (Å²) in [5.41, 5.74) is 0.670. The highest BCUT2D eigenvalue weighted by atomic mass is 35.5. The lowest BCUT2D eigenvalue weighted by Crippen LogP contribution is -2.50. The van der Waals surface area contributed by atoms with Crippen LogP contribution in [-0.2, 0) is 19.6 Å². The van der Waals surface area contributed by atoms with Crippen LogP contribution in [0.25, 0.3) is 0 Å². The van der Waals surface area contributed by atoms with E-state index in [-0.39, 0.29) is 53.6 Å². The molecule has 2 aromatic carbocycles. The second-order valence-corrected chi connectivity index (χ2v) is 13.3. The van der Waals surface area contributed by atoms with Crippen LogP contribution in [0.3, 0.4) is 0 Å². The molecule has 2 aromatic rings. The summed E-state index contributed by atoms with van der Waals surface area (Å²) in [7, 11) is -2.36. The van der Waals surface area contributed by atoms with Gasteiger partial charge in [-0.15, -0.1) is 0 Å². The van der Waals surface area contributed by atoms with Crippen molar-refractivity contribution in [3.05, 3.63) is 53.1 Å². The third-order valence-corrected chi connectivity index (χ3v) is 9.76. The van der Waals surface area contributed by atoms with E-state index in [0.29, 0.717) is 36.9 Å². The van der Waals surface area contributed by atoms with E-state index in [1.54, 1.807) is 30.0 Å². The van der Waals surface area contributed by atoms with Gasteiger partial charge < -0.3 is 24.8 Å². The molecule has 0 aromatic heterocycles. The van der Waals surface area contributed by atoms with E-state index < -0.39 is 22.2 Å². The van der Waals surface area contributed by atoms with Crippen molar-refractivity contribution in [3.63, 3.8) is 0 Å². The van der Waals surface area contributed by atoms with Crippen LogP contribution in [0.1, 0.15) is 30.6 Å². The summed E-state index contributed by atoms with van der Waals surface area (Å²) in [6, 6.07) is 10.3. The van der Waals surface area contributed by atoms with Crippen molar-refractivity contribution in [1.82, 2.24) is 14.1 Å². The predicted octanol–water partition coefficient (Wildman–Crippen LogP) is 2.54. The Morgan fingerprint density at radius 2 is 1.88 bits per heavy atom. The van der Waals surface area contributed by atoms with Crippen LogP contribution >= 0.6 is 11.6 Å². The van der Waals surface area contributed by atoms with Crippen LogP contribution in [0, 0.1) is 5.92 Å². The quantitative estimate of drug-likeness (QED) is 0.414. The maximum absolute atomic E-state index is 13.7. The highest BCUT2D eigenvalue weighted by molar-refractivity contribution is 7.89. The van der Waals surface area contributed by atoms with E-state index in [0.717, 1.165) is 13.1 Å². The predicted molar refractivity (Wildman–Crippen MR) is 159 cm³/mol. The van der Waals surface area contributed by atoms with Crippen molar-refractivity contribution in [2.24, 2.45) is 5.92 Å². The monoisotopic (exact) mass is 622 g/mol. The fraction of sp³-hybridized carbons (Fsp3) is 0.517. The minimum atomic E-state index is -3.84. The number of carbonyl (C=O) groups excluding carboxylic acids is 2. The number of amides is 2. The molecule has 1 saturated heterocycles. The molecule has 2 N–H and O–H groups in total. The average molecular weight is 623 g/mol. The highest BCUT2D eigenvalue weighted by Gasteiger charge is 2.35. The molecule has 2 aliphatic heterocycles. The standard InChI is InChI=1S/C29H39ClN4O7S/c1-20-17-34(21(2)19-35)29(37)25-16-23(31-28(36)10-11-33-12-14-40-15-13-33)6-9-26(25)41-27(20)18-32(3)42(38,39)24-7-4-22(30)5-8-24/h4-9,16,20-21,27,35H,10-15,17-19H2,1-3H3,(H,31,36)/t20-,21-,27+/m0/s1. The molecular formula is C29H39ClN4O7S. The number of carbonyl (C=O) groups is 2. The largest absolute Gasteiger partial charge is 0.488 e. The number of hydrogen-bond donors (Lipinski definition) is 2. The molecule has 42 heavy (non-hydrogen) atoms.